The first-order valence-corrected chi connectivity index (χ1v) is 8.47. The molecule has 0 heterocycles. The van der Waals surface area contributed by atoms with Gasteiger partial charge < -0.3 is 0 Å². The van der Waals surface area contributed by atoms with Gasteiger partial charge in [-0.3, -0.25) is 9.59 Å². The van der Waals surface area contributed by atoms with Crippen LogP contribution in [0.4, 0.5) is 0 Å². The van der Waals surface area contributed by atoms with E-state index in [0.717, 1.165) is 11.1 Å². The maximum atomic E-state index is 12.5. The van der Waals surface area contributed by atoms with Crippen LogP contribution in [0.25, 0.3) is 0 Å². The predicted octanol–water partition coefficient (Wildman–Crippen LogP) is 4.06. The molecule has 4 unspecified atom stereocenters. The van der Waals surface area contributed by atoms with Crippen LogP contribution < -0.4 is 0 Å². The number of allylic oxidation sites excluding steroid dienone is 14. The molecule has 120 valence electrons. The van der Waals surface area contributed by atoms with Gasteiger partial charge in [0.25, 0.3) is 0 Å². The van der Waals surface area contributed by atoms with Gasteiger partial charge in [-0.05, 0) is 36.1 Å². The van der Waals surface area contributed by atoms with Crippen LogP contribution >= 0.6 is 0 Å². The second kappa shape index (κ2) is 5.55. The van der Waals surface area contributed by atoms with E-state index in [1.165, 1.54) is 11.1 Å². The number of hydrogen-bond acceptors (Lipinski definition) is 2. The SMILES string of the molecule is CC1=C/C(=C2\C=C(C)C(=O)C3C=CC=CC23)C2C=CC=CC2C1=O. The van der Waals surface area contributed by atoms with Crippen molar-refractivity contribution in [3.05, 3.63) is 83.1 Å². The Labute approximate surface area is 142 Å². The average Bonchev–Trinajstić information content (AvgIpc) is 2.61. The summed E-state index contributed by atoms with van der Waals surface area (Å²) >= 11 is 0. The van der Waals surface area contributed by atoms with Crippen molar-refractivity contribution in [1.82, 2.24) is 0 Å². The van der Waals surface area contributed by atoms with Crippen LogP contribution in [0, 0.1) is 23.7 Å². The normalized spacial score (nSPS) is 37.1. The number of rotatable bonds is 0. The monoisotopic (exact) mass is 316 g/mol. The second-order valence-corrected chi connectivity index (χ2v) is 6.94. The van der Waals surface area contributed by atoms with E-state index in [-0.39, 0.29) is 35.2 Å². The number of fused-ring (bicyclic) bond motifs is 2. The smallest absolute Gasteiger partial charge is 0.166 e. The minimum Gasteiger partial charge on any atom is -0.294 e. The minimum absolute atomic E-state index is 0.0680. The van der Waals surface area contributed by atoms with Gasteiger partial charge in [0.15, 0.2) is 11.6 Å². The maximum absolute atomic E-state index is 12.5. The molecule has 0 aromatic carbocycles. The van der Waals surface area contributed by atoms with Gasteiger partial charge in [-0.1, -0.05) is 60.8 Å². The summed E-state index contributed by atoms with van der Waals surface area (Å²) in [7, 11) is 0. The molecular formula is C22H20O2. The third-order valence-corrected chi connectivity index (χ3v) is 5.45. The molecule has 0 N–H and O–H groups in total. The molecule has 0 aliphatic heterocycles. The fraction of sp³-hybridized carbons (Fsp3) is 0.273. The molecule has 4 atom stereocenters. The van der Waals surface area contributed by atoms with Crippen molar-refractivity contribution in [3.63, 3.8) is 0 Å². The van der Waals surface area contributed by atoms with E-state index >= 15 is 0 Å². The first kappa shape index (κ1) is 15.1. The lowest BCUT2D eigenvalue weighted by molar-refractivity contribution is -0.119. The summed E-state index contributed by atoms with van der Waals surface area (Å²) in [4.78, 5) is 25.0. The highest BCUT2D eigenvalue weighted by atomic mass is 16.1. The van der Waals surface area contributed by atoms with Crippen molar-refractivity contribution < 1.29 is 9.59 Å². The molecule has 0 fully saturated rings. The van der Waals surface area contributed by atoms with Gasteiger partial charge in [0.1, 0.15) is 0 Å². The van der Waals surface area contributed by atoms with Gasteiger partial charge in [0, 0.05) is 11.8 Å². The lowest BCUT2D eigenvalue weighted by Crippen LogP contribution is -2.33. The molecule has 4 aliphatic rings. The molecule has 0 saturated carbocycles. The highest BCUT2D eigenvalue weighted by Crippen LogP contribution is 2.43. The summed E-state index contributed by atoms with van der Waals surface area (Å²) in [5.41, 5.74) is 3.96. The molecule has 2 nitrogen and oxygen atoms in total. The molecule has 4 aliphatic carbocycles. The minimum atomic E-state index is -0.115. The van der Waals surface area contributed by atoms with E-state index < -0.39 is 0 Å². The number of carbonyl (C=O) groups excluding carboxylic acids is 2. The summed E-state index contributed by atoms with van der Waals surface area (Å²) in [6.07, 6.45) is 20.2. The van der Waals surface area contributed by atoms with Crippen molar-refractivity contribution in [3.8, 4) is 0 Å². The Hall–Kier alpha value is -2.48. The Bertz CT molecular complexity index is 769. The van der Waals surface area contributed by atoms with Crippen molar-refractivity contribution in [1.29, 1.82) is 0 Å². The van der Waals surface area contributed by atoms with E-state index in [4.69, 9.17) is 0 Å². The number of ketones is 2. The van der Waals surface area contributed by atoms with E-state index in [9.17, 15) is 9.59 Å². The average molecular weight is 316 g/mol. The summed E-state index contributed by atoms with van der Waals surface area (Å²) in [5.74, 6) is 0.309. The first-order chi connectivity index (χ1) is 11.6. The van der Waals surface area contributed by atoms with E-state index in [0.29, 0.717) is 0 Å². The van der Waals surface area contributed by atoms with Crippen LogP contribution in [0.2, 0.25) is 0 Å². The van der Waals surface area contributed by atoms with Crippen LogP contribution in [-0.2, 0) is 9.59 Å². The van der Waals surface area contributed by atoms with Crippen LogP contribution in [0.1, 0.15) is 13.8 Å². The highest BCUT2D eigenvalue weighted by molar-refractivity contribution is 6.02. The van der Waals surface area contributed by atoms with E-state index in [1.807, 2.05) is 62.5 Å². The van der Waals surface area contributed by atoms with Gasteiger partial charge in [0.05, 0.1) is 11.8 Å². The zero-order valence-corrected chi connectivity index (χ0v) is 13.9. The molecule has 0 radical (unpaired) electrons. The first-order valence-electron chi connectivity index (χ1n) is 8.47. The topological polar surface area (TPSA) is 34.1 Å². The van der Waals surface area contributed by atoms with Crippen LogP contribution in [-0.4, -0.2) is 11.6 Å². The zero-order chi connectivity index (χ0) is 16.8. The van der Waals surface area contributed by atoms with E-state index in [1.54, 1.807) is 0 Å². The summed E-state index contributed by atoms with van der Waals surface area (Å²) < 4.78 is 0. The molecule has 0 saturated heterocycles. The number of carbonyl (C=O) groups is 2. The molecule has 0 spiro atoms. The Morgan fingerprint density at radius 2 is 0.917 bits per heavy atom. The van der Waals surface area contributed by atoms with Gasteiger partial charge in [-0.15, -0.1) is 0 Å². The quantitative estimate of drug-likeness (QED) is 0.675. The van der Waals surface area contributed by atoms with Crippen LogP contribution in [0.3, 0.4) is 0 Å². The molecule has 0 amide bonds. The molecule has 0 aromatic heterocycles. The summed E-state index contributed by atoms with van der Waals surface area (Å²) in [6.45, 7) is 3.79. The lowest BCUT2D eigenvalue weighted by atomic mass is 9.67. The maximum Gasteiger partial charge on any atom is 0.166 e. The molecule has 4 rings (SSSR count). The summed E-state index contributed by atoms with van der Waals surface area (Å²) in [6, 6.07) is 0. The molecule has 0 aromatic rings. The second-order valence-electron chi connectivity index (χ2n) is 6.94. The number of hydrogen-bond donors (Lipinski definition) is 0. The van der Waals surface area contributed by atoms with Crippen molar-refractivity contribution in [2.75, 3.05) is 0 Å². The van der Waals surface area contributed by atoms with Crippen LogP contribution in [0.5, 0.6) is 0 Å². The van der Waals surface area contributed by atoms with Crippen LogP contribution in [0.15, 0.2) is 83.1 Å². The Balaban J connectivity index is 1.93. The fourth-order valence-corrected chi connectivity index (χ4v) is 4.19. The van der Waals surface area contributed by atoms with Crippen molar-refractivity contribution >= 4 is 11.6 Å². The molecule has 0 bridgehead atoms. The third kappa shape index (κ3) is 2.17. The predicted molar refractivity (Wildman–Crippen MR) is 95.1 cm³/mol. The molecule has 2 heteroatoms. The summed E-state index contributed by atoms with van der Waals surface area (Å²) in [5, 5.41) is 0. The van der Waals surface area contributed by atoms with Gasteiger partial charge in [-0.25, -0.2) is 0 Å². The highest BCUT2D eigenvalue weighted by Gasteiger charge is 2.38. The largest absolute Gasteiger partial charge is 0.294 e. The van der Waals surface area contributed by atoms with Gasteiger partial charge in [-0.2, -0.15) is 0 Å². The molecular weight excluding hydrogens is 296 g/mol. The van der Waals surface area contributed by atoms with E-state index in [2.05, 4.69) is 12.2 Å². The van der Waals surface area contributed by atoms with Gasteiger partial charge in [0.2, 0.25) is 0 Å². The Kier molecular flexibility index (Phi) is 3.49. The lowest BCUT2D eigenvalue weighted by Gasteiger charge is -2.36. The molecule has 24 heavy (non-hydrogen) atoms. The third-order valence-electron chi connectivity index (χ3n) is 5.45. The van der Waals surface area contributed by atoms with Gasteiger partial charge >= 0.3 is 0 Å². The standard InChI is InChI=1S/C22H20O2/c1-13-11-19(15-7-3-5-9-17(15)21(13)23)20-12-14(2)22(24)18-10-6-4-8-16(18)20/h3-12,15-18H,1-2H3/b20-19-. The Morgan fingerprint density at radius 3 is 1.29 bits per heavy atom. The van der Waals surface area contributed by atoms with Crippen molar-refractivity contribution in [2.45, 2.75) is 13.8 Å². The zero-order valence-electron chi connectivity index (χ0n) is 13.9. The fourth-order valence-electron chi connectivity index (χ4n) is 4.19. The van der Waals surface area contributed by atoms with Crippen molar-refractivity contribution in [2.24, 2.45) is 23.7 Å². The number of Topliss-reactive ketones (excluding diaryl/α,β-unsaturated/α-hetero) is 2. The Morgan fingerprint density at radius 1 is 0.583 bits per heavy atom.